The maximum atomic E-state index is 12.5. The summed E-state index contributed by atoms with van der Waals surface area (Å²) in [7, 11) is 3.06. The Bertz CT molecular complexity index is 1080. The first-order valence-corrected chi connectivity index (χ1v) is 10.3. The predicted octanol–water partition coefficient (Wildman–Crippen LogP) is 3.57. The van der Waals surface area contributed by atoms with Gasteiger partial charge in [-0.05, 0) is 24.6 Å². The molecule has 8 heteroatoms. The van der Waals surface area contributed by atoms with Gasteiger partial charge in [-0.15, -0.1) is 0 Å². The maximum absolute atomic E-state index is 12.5. The first-order valence-electron chi connectivity index (χ1n) is 9.28. The normalized spacial score (nSPS) is 10.5. The zero-order chi connectivity index (χ0) is 21.5. The smallest absolute Gasteiger partial charge is 0.255 e. The lowest BCUT2D eigenvalue weighted by Gasteiger charge is -2.12. The number of carbonyl (C=O) groups is 1. The van der Waals surface area contributed by atoms with Crippen LogP contribution in [0.1, 0.15) is 16.8 Å². The van der Waals surface area contributed by atoms with Crippen molar-refractivity contribution in [1.29, 1.82) is 0 Å². The van der Waals surface area contributed by atoms with E-state index in [9.17, 15) is 9.59 Å². The molecule has 0 atom stereocenters. The summed E-state index contributed by atoms with van der Waals surface area (Å²) in [5.41, 5.74) is 2.20. The molecule has 3 rings (SSSR count). The fraction of sp³-hybridized carbons (Fsp3) is 0.227. The number of aromatic nitrogens is 2. The number of nitrogens with one attached hydrogen (secondary N) is 2. The van der Waals surface area contributed by atoms with E-state index < -0.39 is 0 Å². The molecule has 0 saturated carbocycles. The van der Waals surface area contributed by atoms with Crippen molar-refractivity contribution in [2.24, 2.45) is 0 Å². The van der Waals surface area contributed by atoms with Gasteiger partial charge in [-0.25, -0.2) is 4.98 Å². The number of aromatic amines is 1. The zero-order valence-corrected chi connectivity index (χ0v) is 17.8. The minimum atomic E-state index is -0.335. The molecule has 1 amide bonds. The monoisotopic (exact) mass is 425 g/mol. The lowest BCUT2D eigenvalue weighted by Crippen LogP contribution is -2.24. The highest BCUT2D eigenvalue weighted by Gasteiger charge is 2.15. The fourth-order valence-electron chi connectivity index (χ4n) is 2.84. The summed E-state index contributed by atoms with van der Waals surface area (Å²) in [4.78, 5) is 32.3. The third-order valence-corrected chi connectivity index (χ3v) is 5.38. The van der Waals surface area contributed by atoms with Gasteiger partial charge >= 0.3 is 0 Å². The summed E-state index contributed by atoms with van der Waals surface area (Å²) >= 11 is 1.44. The Kier molecular flexibility index (Phi) is 7.13. The molecule has 0 fully saturated rings. The molecule has 0 aliphatic rings. The Balaban J connectivity index is 1.69. The van der Waals surface area contributed by atoms with Gasteiger partial charge in [-0.1, -0.05) is 42.1 Å². The lowest BCUT2D eigenvalue weighted by atomic mass is 10.1. The van der Waals surface area contributed by atoms with Gasteiger partial charge in [0, 0.05) is 23.1 Å². The number of amides is 1. The largest absolute Gasteiger partial charge is 0.497 e. The number of aryl methyl sites for hydroxylation is 1. The van der Waals surface area contributed by atoms with Crippen LogP contribution < -0.4 is 20.3 Å². The summed E-state index contributed by atoms with van der Waals surface area (Å²) in [6.45, 7) is 1.73. The Labute approximate surface area is 178 Å². The van der Waals surface area contributed by atoms with E-state index in [0.29, 0.717) is 39.4 Å². The second kappa shape index (κ2) is 9.98. The van der Waals surface area contributed by atoms with Crippen molar-refractivity contribution in [3.8, 4) is 11.5 Å². The Hall–Kier alpha value is -3.26. The van der Waals surface area contributed by atoms with Crippen molar-refractivity contribution in [2.45, 2.75) is 24.3 Å². The van der Waals surface area contributed by atoms with Crippen molar-refractivity contribution < 1.29 is 14.3 Å². The van der Waals surface area contributed by atoms with Crippen molar-refractivity contribution in [3.05, 3.63) is 75.7 Å². The second-order valence-electron chi connectivity index (χ2n) is 6.50. The van der Waals surface area contributed by atoms with E-state index in [1.165, 1.54) is 18.9 Å². The lowest BCUT2D eigenvalue weighted by molar-refractivity contribution is -0.115. The van der Waals surface area contributed by atoms with E-state index in [-0.39, 0.29) is 17.9 Å². The van der Waals surface area contributed by atoms with Crippen LogP contribution in [0, 0.1) is 6.92 Å². The molecule has 0 aliphatic carbocycles. The van der Waals surface area contributed by atoms with E-state index in [2.05, 4.69) is 15.3 Å². The summed E-state index contributed by atoms with van der Waals surface area (Å²) in [5.74, 6) is 1.45. The number of hydrogen-bond donors (Lipinski definition) is 2. The zero-order valence-electron chi connectivity index (χ0n) is 17.0. The molecule has 3 aromatic rings. The van der Waals surface area contributed by atoms with E-state index in [4.69, 9.17) is 9.47 Å². The molecule has 156 valence electrons. The molecule has 0 bridgehead atoms. The number of rotatable bonds is 8. The van der Waals surface area contributed by atoms with Crippen LogP contribution in [0.4, 0.5) is 5.69 Å². The maximum Gasteiger partial charge on any atom is 0.255 e. The molecule has 0 aliphatic heterocycles. The van der Waals surface area contributed by atoms with Gasteiger partial charge in [0.15, 0.2) is 5.16 Å². The van der Waals surface area contributed by atoms with Crippen LogP contribution in [0.15, 0.2) is 58.5 Å². The molecule has 0 saturated heterocycles. The van der Waals surface area contributed by atoms with Crippen LogP contribution in [0.5, 0.6) is 11.5 Å². The summed E-state index contributed by atoms with van der Waals surface area (Å²) in [6, 6.07) is 15.0. The molecular formula is C22H23N3O4S. The van der Waals surface area contributed by atoms with E-state index in [1.54, 1.807) is 32.2 Å². The molecular weight excluding hydrogens is 402 g/mol. The summed E-state index contributed by atoms with van der Waals surface area (Å²) in [5, 5.41) is 3.30. The minimum Gasteiger partial charge on any atom is -0.497 e. The van der Waals surface area contributed by atoms with Gasteiger partial charge in [-0.3, -0.25) is 9.59 Å². The van der Waals surface area contributed by atoms with Gasteiger partial charge in [0.1, 0.15) is 11.5 Å². The average molecular weight is 426 g/mol. The first kappa shape index (κ1) is 21.4. The van der Waals surface area contributed by atoms with Crippen molar-refractivity contribution >= 4 is 23.4 Å². The highest BCUT2D eigenvalue weighted by atomic mass is 32.2. The summed E-state index contributed by atoms with van der Waals surface area (Å²) < 4.78 is 10.4. The van der Waals surface area contributed by atoms with E-state index in [0.717, 1.165) is 5.56 Å². The van der Waals surface area contributed by atoms with Crippen LogP contribution in [0.2, 0.25) is 0 Å². The summed E-state index contributed by atoms with van der Waals surface area (Å²) in [6.07, 6.45) is -0.0903. The quantitative estimate of drug-likeness (QED) is 0.423. The van der Waals surface area contributed by atoms with E-state index in [1.807, 2.05) is 30.3 Å². The number of hydrogen-bond acceptors (Lipinski definition) is 6. The second-order valence-corrected chi connectivity index (χ2v) is 7.46. The number of carbonyl (C=O) groups excluding carboxylic acids is 1. The Morgan fingerprint density at radius 2 is 1.90 bits per heavy atom. The molecule has 2 N–H and O–H groups in total. The molecule has 30 heavy (non-hydrogen) atoms. The van der Waals surface area contributed by atoms with Crippen LogP contribution in [0.25, 0.3) is 0 Å². The minimum absolute atomic E-state index is 0.0903. The van der Waals surface area contributed by atoms with Gasteiger partial charge in [-0.2, -0.15) is 0 Å². The van der Waals surface area contributed by atoms with E-state index >= 15 is 0 Å². The Morgan fingerprint density at radius 3 is 2.57 bits per heavy atom. The Morgan fingerprint density at radius 1 is 1.13 bits per heavy atom. The molecule has 7 nitrogen and oxygen atoms in total. The third kappa shape index (κ3) is 5.42. The molecule has 2 aromatic carbocycles. The molecule has 0 unspecified atom stereocenters. The topological polar surface area (TPSA) is 93.3 Å². The van der Waals surface area contributed by atoms with Gasteiger partial charge in [0.2, 0.25) is 5.91 Å². The number of methoxy groups -OCH3 is 2. The van der Waals surface area contributed by atoms with Crippen LogP contribution in [-0.4, -0.2) is 30.1 Å². The molecule has 1 aromatic heterocycles. The number of nitrogens with zero attached hydrogens (tertiary/aromatic N) is 1. The standard InChI is InChI=1S/C22H23N3O4S/c1-14-17(12-20(26)24-18-10-9-16(28-2)11-19(18)29-3)21(27)25-22(23-14)30-13-15-7-5-4-6-8-15/h4-11H,12-13H2,1-3H3,(H,24,26)(H,23,25,27). The number of thioether (sulfide) groups is 1. The van der Waals surface area contributed by atoms with Crippen molar-refractivity contribution in [3.63, 3.8) is 0 Å². The average Bonchev–Trinajstić information content (AvgIpc) is 2.76. The van der Waals surface area contributed by atoms with Gasteiger partial charge < -0.3 is 19.8 Å². The van der Waals surface area contributed by atoms with Crippen LogP contribution in [0.3, 0.4) is 0 Å². The van der Waals surface area contributed by atoms with Crippen LogP contribution in [-0.2, 0) is 17.0 Å². The number of H-pyrrole nitrogens is 1. The molecule has 0 spiro atoms. The van der Waals surface area contributed by atoms with Gasteiger partial charge in [0.25, 0.3) is 5.56 Å². The van der Waals surface area contributed by atoms with Crippen LogP contribution >= 0.6 is 11.8 Å². The SMILES string of the molecule is COc1ccc(NC(=O)Cc2c(C)nc(SCc3ccccc3)[nH]c2=O)c(OC)c1. The van der Waals surface area contributed by atoms with Crippen molar-refractivity contribution in [1.82, 2.24) is 9.97 Å². The predicted molar refractivity (Wildman–Crippen MR) is 117 cm³/mol. The number of anilines is 1. The third-order valence-electron chi connectivity index (χ3n) is 4.44. The number of ether oxygens (including phenoxy) is 2. The van der Waals surface area contributed by atoms with Gasteiger partial charge in [0.05, 0.1) is 26.3 Å². The molecule has 0 radical (unpaired) electrons. The highest BCUT2D eigenvalue weighted by Crippen LogP contribution is 2.29. The fourth-order valence-corrected chi connectivity index (χ4v) is 3.71. The highest BCUT2D eigenvalue weighted by molar-refractivity contribution is 7.98. The van der Waals surface area contributed by atoms with Crippen molar-refractivity contribution in [2.75, 3.05) is 19.5 Å². The first-order chi connectivity index (χ1) is 14.5. The molecule has 1 heterocycles. The number of benzene rings is 2.